The summed E-state index contributed by atoms with van der Waals surface area (Å²) < 4.78 is 0. The SMILES string of the molecule is O=C(O)CSc1ccc2[nH]c(=O)[nH]c2c1. The maximum absolute atomic E-state index is 11.0. The van der Waals surface area contributed by atoms with Crippen molar-refractivity contribution in [3.63, 3.8) is 0 Å². The summed E-state index contributed by atoms with van der Waals surface area (Å²) in [6.45, 7) is 0. The number of hydrogen-bond donors (Lipinski definition) is 3. The van der Waals surface area contributed by atoms with Crippen molar-refractivity contribution >= 4 is 28.8 Å². The van der Waals surface area contributed by atoms with Crippen LogP contribution >= 0.6 is 11.8 Å². The normalized spacial score (nSPS) is 10.7. The Bertz CT molecular complexity index is 558. The third-order valence-corrected chi connectivity index (χ3v) is 2.83. The number of aromatic amines is 2. The van der Waals surface area contributed by atoms with Crippen LogP contribution in [0.4, 0.5) is 0 Å². The van der Waals surface area contributed by atoms with Crippen LogP contribution in [0.5, 0.6) is 0 Å². The molecule has 15 heavy (non-hydrogen) atoms. The van der Waals surface area contributed by atoms with Crippen molar-refractivity contribution in [2.24, 2.45) is 0 Å². The summed E-state index contributed by atoms with van der Waals surface area (Å²) in [4.78, 5) is 27.4. The number of carbonyl (C=O) groups is 1. The molecular weight excluding hydrogens is 216 g/mol. The first-order chi connectivity index (χ1) is 7.15. The average Bonchev–Trinajstić information content (AvgIpc) is 2.53. The number of aliphatic carboxylic acids is 1. The van der Waals surface area contributed by atoms with Gasteiger partial charge in [0.05, 0.1) is 16.8 Å². The van der Waals surface area contributed by atoms with Crippen LogP contribution in [0.25, 0.3) is 11.0 Å². The summed E-state index contributed by atoms with van der Waals surface area (Å²) in [5.74, 6) is -0.845. The number of aromatic nitrogens is 2. The number of imidazole rings is 1. The standard InChI is InChI=1S/C9H8N2O3S/c12-8(13)4-15-5-1-2-6-7(3-5)11-9(14)10-6/h1-3H,4H2,(H,12,13)(H2,10,11,14). The van der Waals surface area contributed by atoms with E-state index in [9.17, 15) is 9.59 Å². The molecular formula is C9H8N2O3S. The molecule has 0 amide bonds. The Kier molecular flexibility index (Phi) is 2.51. The average molecular weight is 224 g/mol. The predicted molar refractivity (Wildman–Crippen MR) is 57.3 cm³/mol. The lowest BCUT2D eigenvalue weighted by atomic mass is 10.3. The zero-order valence-electron chi connectivity index (χ0n) is 7.61. The van der Waals surface area contributed by atoms with Gasteiger partial charge in [-0.05, 0) is 18.2 Å². The molecule has 0 aliphatic carbocycles. The number of hydrogen-bond acceptors (Lipinski definition) is 3. The fourth-order valence-corrected chi connectivity index (χ4v) is 1.90. The van der Waals surface area contributed by atoms with Gasteiger partial charge in [-0.25, -0.2) is 4.79 Å². The first kappa shape index (κ1) is 9.85. The molecule has 5 nitrogen and oxygen atoms in total. The van der Waals surface area contributed by atoms with Gasteiger partial charge in [-0.3, -0.25) is 4.79 Å². The van der Waals surface area contributed by atoms with E-state index >= 15 is 0 Å². The van der Waals surface area contributed by atoms with Crippen molar-refractivity contribution in [1.29, 1.82) is 0 Å². The Balaban J connectivity index is 2.30. The van der Waals surface area contributed by atoms with Crippen molar-refractivity contribution in [3.05, 3.63) is 28.7 Å². The molecule has 0 atom stereocenters. The number of H-pyrrole nitrogens is 2. The second-order valence-electron chi connectivity index (χ2n) is 2.97. The number of fused-ring (bicyclic) bond motifs is 1. The van der Waals surface area contributed by atoms with Gasteiger partial charge in [0.25, 0.3) is 0 Å². The molecule has 1 aromatic heterocycles. The summed E-state index contributed by atoms with van der Waals surface area (Å²) in [6.07, 6.45) is 0. The van der Waals surface area contributed by atoms with E-state index in [-0.39, 0.29) is 11.4 Å². The van der Waals surface area contributed by atoms with Gasteiger partial charge in [-0.2, -0.15) is 0 Å². The summed E-state index contributed by atoms with van der Waals surface area (Å²) in [5, 5.41) is 8.51. The first-order valence-corrected chi connectivity index (χ1v) is 5.20. The number of nitrogens with one attached hydrogen (secondary N) is 2. The highest BCUT2D eigenvalue weighted by Gasteiger charge is 2.02. The van der Waals surface area contributed by atoms with Gasteiger partial charge < -0.3 is 15.1 Å². The van der Waals surface area contributed by atoms with E-state index in [4.69, 9.17) is 5.11 Å². The highest BCUT2D eigenvalue weighted by atomic mass is 32.2. The lowest BCUT2D eigenvalue weighted by Gasteiger charge is -1.97. The van der Waals surface area contributed by atoms with E-state index in [1.807, 2.05) is 0 Å². The zero-order chi connectivity index (χ0) is 10.8. The molecule has 2 rings (SSSR count). The fraction of sp³-hybridized carbons (Fsp3) is 0.111. The highest BCUT2D eigenvalue weighted by Crippen LogP contribution is 2.20. The summed E-state index contributed by atoms with van der Waals surface area (Å²) in [7, 11) is 0. The molecule has 0 saturated heterocycles. The third-order valence-electron chi connectivity index (χ3n) is 1.85. The van der Waals surface area contributed by atoms with Gasteiger partial charge in [-0.15, -0.1) is 11.8 Å². The van der Waals surface area contributed by atoms with Crippen LogP contribution in [0, 0.1) is 0 Å². The Morgan fingerprint density at radius 1 is 1.33 bits per heavy atom. The lowest BCUT2D eigenvalue weighted by Crippen LogP contribution is -1.99. The van der Waals surface area contributed by atoms with E-state index in [1.54, 1.807) is 18.2 Å². The molecule has 0 radical (unpaired) electrons. The van der Waals surface area contributed by atoms with E-state index in [0.717, 1.165) is 10.4 Å². The van der Waals surface area contributed by atoms with E-state index in [2.05, 4.69) is 9.97 Å². The minimum absolute atomic E-state index is 0.0140. The van der Waals surface area contributed by atoms with Crippen LogP contribution in [0.3, 0.4) is 0 Å². The molecule has 0 aliphatic heterocycles. The number of rotatable bonds is 3. The smallest absolute Gasteiger partial charge is 0.323 e. The molecule has 0 fully saturated rings. The Morgan fingerprint density at radius 3 is 2.80 bits per heavy atom. The minimum atomic E-state index is -0.859. The lowest BCUT2D eigenvalue weighted by molar-refractivity contribution is -0.133. The minimum Gasteiger partial charge on any atom is -0.481 e. The van der Waals surface area contributed by atoms with Gasteiger partial charge in [0.2, 0.25) is 0 Å². The molecule has 6 heteroatoms. The molecule has 0 saturated carbocycles. The van der Waals surface area contributed by atoms with Gasteiger partial charge in [0.1, 0.15) is 0 Å². The number of thioether (sulfide) groups is 1. The molecule has 0 unspecified atom stereocenters. The monoisotopic (exact) mass is 224 g/mol. The first-order valence-electron chi connectivity index (χ1n) is 4.22. The van der Waals surface area contributed by atoms with Crippen molar-refractivity contribution in [2.75, 3.05) is 5.75 Å². The second-order valence-corrected chi connectivity index (χ2v) is 4.02. The van der Waals surface area contributed by atoms with Crippen molar-refractivity contribution in [2.45, 2.75) is 4.90 Å². The molecule has 78 valence electrons. The Hall–Kier alpha value is -1.69. The van der Waals surface area contributed by atoms with Crippen LogP contribution in [0.2, 0.25) is 0 Å². The second kappa shape index (κ2) is 3.82. The Labute approximate surface area is 88.5 Å². The van der Waals surface area contributed by atoms with Gasteiger partial charge in [0.15, 0.2) is 0 Å². The molecule has 0 bridgehead atoms. The fourth-order valence-electron chi connectivity index (χ4n) is 1.25. The van der Waals surface area contributed by atoms with Crippen LogP contribution in [-0.2, 0) is 4.79 Å². The van der Waals surface area contributed by atoms with Crippen LogP contribution in [-0.4, -0.2) is 26.8 Å². The highest BCUT2D eigenvalue weighted by molar-refractivity contribution is 8.00. The van der Waals surface area contributed by atoms with Gasteiger partial charge in [-0.1, -0.05) is 0 Å². The van der Waals surface area contributed by atoms with E-state index in [0.29, 0.717) is 5.52 Å². The van der Waals surface area contributed by atoms with Crippen LogP contribution in [0.15, 0.2) is 27.9 Å². The summed E-state index contributed by atoms with van der Waals surface area (Å²) >= 11 is 1.22. The number of carboxylic acids is 1. The molecule has 0 spiro atoms. The largest absolute Gasteiger partial charge is 0.481 e. The van der Waals surface area contributed by atoms with Crippen molar-refractivity contribution in [3.8, 4) is 0 Å². The van der Waals surface area contributed by atoms with Gasteiger partial charge >= 0.3 is 11.7 Å². The molecule has 2 aromatic rings. The topological polar surface area (TPSA) is 85.9 Å². The van der Waals surface area contributed by atoms with E-state index < -0.39 is 5.97 Å². The van der Waals surface area contributed by atoms with Gasteiger partial charge in [0, 0.05) is 4.90 Å². The molecule has 3 N–H and O–H groups in total. The maximum Gasteiger partial charge on any atom is 0.323 e. The third kappa shape index (κ3) is 2.21. The molecule has 0 aliphatic rings. The van der Waals surface area contributed by atoms with E-state index in [1.165, 1.54) is 11.8 Å². The zero-order valence-corrected chi connectivity index (χ0v) is 8.43. The predicted octanol–water partition coefficient (Wildman–Crippen LogP) is 1.03. The molecule has 1 aromatic carbocycles. The number of carboxylic acid groups (broad SMARTS) is 1. The quantitative estimate of drug-likeness (QED) is 0.680. The van der Waals surface area contributed by atoms with Crippen LogP contribution in [0.1, 0.15) is 0 Å². The Morgan fingerprint density at radius 2 is 2.07 bits per heavy atom. The molecule has 1 heterocycles. The van der Waals surface area contributed by atoms with Crippen molar-refractivity contribution < 1.29 is 9.90 Å². The maximum atomic E-state index is 11.0. The summed E-state index contributed by atoms with van der Waals surface area (Å²) in [5.41, 5.74) is 1.15. The number of benzene rings is 1. The summed E-state index contributed by atoms with van der Waals surface area (Å²) in [6, 6.07) is 5.28. The van der Waals surface area contributed by atoms with Crippen LogP contribution < -0.4 is 5.69 Å². The van der Waals surface area contributed by atoms with Crippen molar-refractivity contribution in [1.82, 2.24) is 9.97 Å².